The second-order valence-corrected chi connectivity index (χ2v) is 5.30. The van der Waals surface area contributed by atoms with Crippen molar-refractivity contribution in [2.45, 2.75) is 39.7 Å². The second-order valence-electron chi connectivity index (χ2n) is 5.30. The van der Waals surface area contributed by atoms with Crippen molar-refractivity contribution in [3.63, 3.8) is 0 Å². The fourth-order valence-corrected chi connectivity index (χ4v) is 2.10. The van der Waals surface area contributed by atoms with Crippen molar-refractivity contribution >= 4 is 11.9 Å². The smallest absolute Gasteiger partial charge is 0.325 e. The summed E-state index contributed by atoms with van der Waals surface area (Å²) in [4.78, 5) is 22.8. The van der Waals surface area contributed by atoms with Crippen molar-refractivity contribution in [3.05, 3.63) is 0 Å². The summed E-state index contributed by atoms with van der Waals surface area (Å²) in [6, 6.07) is -0.835. The quantitative estimate of drug-likeness (QED) is 0.674. The zero-order valence-corrected chi connectivity index (χ0v) is 10.7. The predicted octanol–water partition coefficient (Wildman–Crippen LogP) is 0.602. The molecule has 0 spiro atoms. The van der Waals surface area contributed by atoms with Crippen LogP contribution in [0.2, 0.25) is 0 Å². The van der Waals surface area contributed by atoms with E-state index in [1.54, 1.807) is 0 Å². The normalized spacial score (nSPS) is 22.9. The van der Waals surface area contributed by atoms with Crippen molar-refractivity contribution < 1.29 is 14.7 Å². The third-order valence-electron chi connectivity index (χ3n) is 3.62. The maximum atomic E-state index is 12.1. The van der Waals surface area contributed by atoms with E-state index >= 15 is 0 Å². The maximum absolute atomic E-state index is 12.1. The number of carbonyl (C=O) groups excluding carboxylic acids is 1. The molecule has 3 N–H and O–H groups in total. The first kappa shape index (κ1) is 14.0. The lowest BCUT2D eigenvalue weighted by molar-refractivity contribution is -0.143. The summed E-state index contributed by atoms with van der Waals surface area (Å²) in [6.45, 7) is 7.07. The van der Waals surface area contributed by atoms with E-state index in [9.17, 15) is 9.59 Å². The van der Waals surface area contributed by atoms with Crippen LogP contribution in [0.25, 0.3) is 0 Å². The van der Waals surface area contributed by atoms with Gasteiger partial charge in [0.2, 0.25) is 5.91 Å². The molecule has 1 saturated heterocycles. The molecule has 1 fully saturated rings. The SMILES string of the molecule is CC(NC(=O)C(C)(C)C1CCCNC1)C(=O)O. The number of carboxylic acid groups (broad SMARTS) is 1. The lowest BCUT2D eigenvalue weighted by atomic mass is 9.74. The Labute approximate surface area is 102 Å². The standard InChI is InChI=1S/C12H22N2O3/c1-8(10(15)16)14-11(17)12(2,3)9-5-4-6-13-7-9/h8-9,13H,4-7H2,1-3H3,(H,14,17)(H,15,16). The topological polar surface area (TPSA) is 78.4 Å². The van der Waals surface area contributed by atoms with E-state index in [0.717, 1.165) is 25.9 Å². The Hall–Kier alpha value is -1.10. The summed E-state index contributed by atoms with van der Waals surface area (Å²) in [5, 5.41) is 14.6. The molecule has 0 aromatic heterocycles. The Bertz CT molecular complexity index is 296. The van der Waals surface area contributed by atoms with Gasteiger partial charge in [-0.25, -0.2) is 0 Å². The molecule has 5 nitrogen and oxygen atoms in total. The Morgan fingerprint density at radius 3 is 2.59 bits per heavy atom. The predicted molar refractivity (Wildman–Crippen MR) is 64.6 cm³/mol. The van der Waals surface area contributed by atoms with Crippen LogP contribution >= 0.6 is 0 Å². The van der Waals surface area contributed by atoms with E-state index in [0.29, 0.717) is 0 Å². The van der Waals surface area contributed by atoms with Crippen molar-refractivity contribution in [1.82, 2.24) is 10.6 Å². The number of aliphatic carboxylic acids is 1. The average Bonchev–Trinajstić information content (AvgIpc) is 2.29. The number of rotatable bonds is 4. The Kier molecular flexibility index (Phi) is 4.51. The monoisotopic (exact) mass is 242 g/mol. The molecular weight excluding hydrogens is 220 g/mol. The first-order valence-corrected chi connectivity index (χ1v) is 6.10. The molecule has 2 unspecified atom stereocenters. The molecule has 1 amide bonds. The van der Waals surface area contributed by atoms with Crippen LogP contribution in [0.5, 0.6) is 0 Å². The molecule has 98 valence electrons. The number of amides is 1. The van der Waals surface area contributed by atoms with E-state index in [4.69, 9.17) is 5.11 Å². The van der Waals surface area contributed by atoms with E-state index in [-0.39, 0.29) is 11.8 Å². The lowest BCUT2D eigenvalue weighted by Crippen LogP contribution is -2.50. The summed E-state index contributed by atoms with van der Waals surface area (Å²) in [5.74, 6) is -0.922. The van der Waals surface area contributed by atoms with Gasteiger partial charge in [0.1, 0.15) is 6.04 Å². The molecule has 2 atom stereocenters. The minimum atomic E-state index is -1.00. The van der Waals surface area contributed by atoms with Crippen molar-refractivity contribution in [2.24, 2.45) is 11.3 Å². The number of hydrogen-bond donors (Lipinski definition) is 3. The number of carboxylic acids is 1. The van der Waals surface area contributed by atoms with Crippen LogP contribution in [0.15, 0.2) is 0 Å². The fourth-order valence-electron chi connectivity index (χ4n) is 2.10. The van der Waals surface area contributed by atoms with Crippen LogP contribution in [0.3, 0.4) is 0 Å². The van der Waals surface area contributed by atoms with Crippen LogP contribution in [0.4, 0.5) is 0 Å². The third kappa shape index (κ3) is 3.43. The molecule has 0 radical (unpaired) electrons. The molecular formula is C12H22N2O3. The zero-order valence-electron chi connectivity index (χ0n) is 10.7. The molecule has 1 aliphatic heterocycles. The first-order chi connectivity index (χ1) is 7.85. The fraction of sp³-hybridized carbons (Fsp3) is 0.833. The molecule has 0 saturated carbocycles. The summed E-state index contributed by atoms with van der Waals surface area (Å²) in [6.07, 6.45) is 2.07. The van der Waals surface area contributed by atoms with E-state index in [1.165, 1.54) is 6.92 Å². The molecule has 0 aromatic rings. The number of piperidine rings is 1. The van der Waals surface area contributed by atoms with Gasteiger partial charge in [0.25, 0.3) is 0 Å². The van der Waals surface area contributed by atoms with Gasteiger partial charge in [-0.15, -0.1) is 0 Å². The highest BCUT2D eigenvalue weighted by molar-refractivity contribution is 5.86. The molecule has 5 heteroatoms. The van der Waals surface area contributed by atoms with Gasteiger partial charge in [0.05, 0.1) is 0 Å². The lowest BCUT2D eigenvalue weighted by Gasteiger charge is -2.36. The van der Waals surface area contributed by atoms with Gasteiger partial charge in [-0.3, -0.25) is 9.59 Å². The van der Waals surface area contributed by atoms with Crippen LogP contribution in [0, 0.1) is 11.3 Å². The summed E-state index contributed by atoms with van der Waals surface area (Å²) in [5.41, 5.74) is -0.531. The summed E-state index contributed by atoms with van der Waals surface area (Å²) < 4.78 is 0. The molecule has 1 aliphatic rings. The van der Waals surface area contributed by atoms with E-state index in [2.05, 4.69) is 10.6 Å². The van der Waals surface area contributed by atoms with Gasteiger partial charge < -0.3 is 15.7 Å². The van der Waals surface area contributed by atoms with E-state index in [1.807, 2.05) is 13.8 Å². The number of nitrogens with one attached hydrogen (secondary N) is 2. The van der Waals surface area contributed by atoms with Gasteiger partial charge in [0, 0.05) is 5.41 Å². The molecule has 17 heavy (non-hydrogen) atoms. The van der Waals surface area contributed by atoms with Gasteiger partial charge in [-0.05, 0) is 38.8 Å². The molecule has 1 heterocycles. The molecule has 0 aromatic carbocycles. The van der Waals surface area contributed by atoms with Crippen LogP contribution in [0.1, 0.15) is 33.6 Å². The zero-order chi connectivity index (χ0) is 13.1. The first-order valence-electron chi connectivity index (χ1n) is 6.10. The highest BCUT2D eigenvalue weighted by Gasteiger charge is 2.38. The van der Waals surface area contributed by atoms with Gasteiger partial charge in [0.15, 0.2) is 0 Å². The molecule has 0 bridgehead atoms. The summed E-state index contributed by atoms with van der Waals surface area (Å²) in [7, 11) is 0. The Morgan fingerprint density at radius 1 is 1.47 bits per heavy atom. The highest BCUT2D eigenvalue weighted by Crippen LogP contribution is 2.31. The summed E-state index contributed by atoms with van der Waals surface area (Å²) >= 11 is 0. The molecule has 0 aliphatic carbocycles. The minimum absolute atomic E-state index is 0.180. The van der Waals surface area contributed by atoms with Gasteiger partial charge >= 0.3 is 5.97 Å². The van der Waals surface area contributed by atoms with Crippen LogP contribution in [-0.2, 0) is 9.59 Å². The third-order valence-corrected chi connectivity index (χ3v) is 3.62. The van der Waals surface area contributed by atoms with Gasteiger partial charge in [-0.2, -0.15) is 0 Å². The van der Waals surface area contributed by atoms with Crippen molar-refractivity contribution in [1.29, 1.82) is 0 Å². The Morgan fingerprint density at radius 2 is 2.12 bits per heavy atom. The number of carbonyl (C=O) groups is 2. The average molecular weight is 242 g/mol. The minimum Gasteiger partial charge on any atom is -0.480 e. The largest absolute Gasteiger partial charge is 0.480 e. The highest BCUT2D eigenvalue weighted by atomic mass is 16.4. The Balaban J connectivity index is 2.61. The van der Waals surface area contributed by atoms with Crippen molar-refractivity contribution in [3.8, 4) is 0 Å². The number of hydrogen-bond acceptors (Lipinski definition) is 3. The van der Waals surface area contributed by atoms with Gasteiger partial charge in [-0.1, -0.05) is 13.8 Å². The van der Waals surface area contributed by atoms with Crippen molar-refractivity contribution in [2.75, 3.05) is 13.1 Å². The maximum Gasteiger partial charge on any atom is 0.325 e. The van der Waals surface area contributed by atoms with Crippen LogP contribution in [-0.4, -0.2) is 36.1 Å². The molecule has 1 rings (SSSR count). The second kappa shape index (κ2) is 5.49. The van der Waals surface area contributed by atoms with Crippen LogP contribution < -0.4 is 10.6 Å². The van der Waals surface area contributed by atoms with E-state index < -0.39 is 17.4 Å².